The molecule has 2 aromatic heterocycles. The largest absolute Gasteiger partial charge is 0.477 e. The van der Waals surface area contributed by atoms with Crippen LogP contribution in [-0.4, -0.2) is 31.6 Å². The quantitative estimate of drug-likeness (QED) is 0.876. The zero-order chi connectivity index (χ0) is 13.8. The van der Waals surface area contributed by atoms with Crippen LogP contribution in [0.5, 0.6) is 0 Å². The zero-order valence-electron chi connectivity index (χ0n) is 9.95. The van der Waals surface area contributed by atoms with Crippen molar-refractivity contribution in [1.82, 2.24) is 14.6 Å². The van der Waals surface area contributed by atoms with Gasteiger partial charge in [0.05, 0.1) is 5.69 Å². The van der Waals surface area contributed by atoms with Gasteiger partial charge in [-0.2, -0.15) is 0 Å². The van der Waals surface area contributed by atoms with E-state index in [2.05, 4.69) is 19.9 Å². The molecule has 0 unspecified atom stereocenters. The summed E-state index contributed by atoms with van der Waals surface area (Å²) in [7, 11) is 0. The first-order chi connectivity index (χ1) is 9.11. The molecule has 0 radical (unpaired) electrons. The Balaban J connectivity index is 2.19. The molecule has 7 nitrogen and oxygen atoms in total. The average molecular weight is 278 g/mol. The standard InChI is InChI=1S/C11H10N4O3S/c1-2-7-9(19-15-14-7)10(16)13-6-3-4-12-8(5-6)11(17)18/h3-5H,2H2,1H3,(H,17,18)(H,12,13,16). The van der Waals surface area contributed by atoms with Crippen molar-refractivity contribution in [1.29, 1.82) is 0 Å². The molecule has 2 heterocycles. The Morgan fingerprint density at radius 1 is 1.47 bits per heavy atom. The van der Waals surface area contributed by atoms with Crippen LogP contribution in [0.4, 0.5) is 5.69 Å². The molecule has 0 aliphatic heterocycles. The number of carbonyl (C=O) groups is 2. The Labute approximate surface area is 112 Å². The molecule has 2 N–H and O–H groups in total. The maximum absolute atomic E-state index is 12.0. The van der Waals surface area contributed by atoms with Crippen LogP contribution in [0.15, 0.2) is 18.3 Å². The third-order valence-electron chi connectivity index (χ3n) is 2.33. The molecule has 0 atom stereocenters. The van der Waals surface area contributed by atoms with E-state index in [1.165, 1.54) is 18.3 Å². The fraction of sp³-hybridized carbons (Fsp3) is 0.182. The number of carboxylic acids is 1. The lowest BCUT2D eigenvalue weighted by atomic mass is 10.2. The van der Waals surface area contributed by atoms with E-state index < -0.39 is 5.97 Å². The summed E-state index contributed by atoms with van der Waals surface area (Å²) in [6.07, 6.45) is 1.93. The Bertz CT molecular complexity index is 626. The summed E-state index contributed by atoms with van der Waals surface area (Å²) >= 11 is 1.01. The minimum absolute atomic E-state index is 0.129. The number of anilines is 1. The molecule has 0 aliphatic carbocycles. The van der Waals surface area contributed by atoms with E-state index in [-0.39, 0.29) is 11.6 Å². The summed E-state index contributed by atoms with van der Waals surface area (Å²) in [5, 5.41) is 15.3. The van der Waals surface area contributed by atoms with E-state index in [0.29, 0.717) is 22.7 Å². The van der Waals surface area contributed by atoms with Crippen molar-refractivity contribution in [2.75, 3.05) is 5.32 Å². The number of aryl methyl sites for hydroxylation is 1. The van der Waals surface area contributed by atoms with Crippen molar-refractivity contribution in [2.24, 2.45) is 0 Å². The fourth-order valence-electron chi connectivity index (χ4n) is 1.43. The molecule has 0 fully saturated rings. The second-order valence-corrected chi connectivity index (χ2v) is 4.35. The molecule has 2 aromatic rings. The molecule has 8 heteroatoms. The summed E-state index contributed by atoms with van der Waals surface area (Å²) in [5.41, 5.74) is 0.860. The minimum Gasteiger partial charge on any atom is -0.477 e. The van der Waals surface area contributed by atoms with Crippen LogP contribution in [0.1, 0.15) is 32.8 Å². The number of pyridine rings is 1. The molecule has 19 heavy (non-hydrogen) atoms. The Hall–Kier alpha value is -2.35. The van der Waals surface area contributed by atoms with Gasteiger partial charge >= 0.3 is 5.97 Å². The van der Waals surface area contributed by atoms with Gasteiger partial charge in [0.1, 0.15) is 10.6 Å². The maximum atomic E-state index is 12.0. The average Bonchev–Trinajstić information content (AvgIpc) is 2.87. The normalized spacial score (nSPS) is 10.2. The van der Waals surface area contributed by atoms with Gasteiger partial charge in [0, 0.05) is 11.9 Å². The SMILES string of the molecule is CCc1nnsc1C(=O)Nc1ccnc(C(=O)O)c1. The molecule has 0 bridgehead atoms. The fourth-order valence-corrected chi connectivity index (χ4v) is 2.07. The van der Waals surface area contributed by atoms with Crippen molar-refractivity contribution in [3.8, 4) is 0 Å². The number of aromatic nitrogens is 3. The number of carboxylic acid groups (broad SMARTS) is 1. The lowest BCUT2D eigenvalue weighted by Gasteiger charge is -2.04. The lowest BCUT2D eigenvalue weighted by molar-refractivity contribution is 0.0690. The Morgan fingerprint density at radius 3 is 2.95 bits per heavy atom. The van der Waals surface area contributed by atoms with Crippen LogP contribution >= 0.6 is 11.5 Å². The third-order valence-corrected chi connectivity index (χ3v) is 3.10. The lowest BCUT2D eigenvalue weighted by Crippen LogP contribution is -2.13. The monoisotopic (exact) mass is 278 g/mol. The van der Waals surface area contributed by atoms with Gasteiger partial charge in [-0.15, -0.1) is 5.10 Å². The summed E-state index contributed by atoms with van der Waals surface area (Å²) in [5.74, 6) is -1.50. The maximum Gasteiger partial charge on any atom is 0.354 e. The molecule has 0 aliphatic rings. The molecule has 2 rings (SSSR count). The molecule has 0 spiro atoms. The Morgan fingerprint density at radius 2 is 2.26 bits per heavy atom. The summed E-state index contributed by atoms with van der Waals surface area (Å²) in [6.45, 7) is 1.88. The first kappa shape index (κ1) is 13.1. The summed E-state index contributed by atoms with van der Waals surface area (Å²) in [6, 6.07) is 2.81. The highest BCUT2D eigenvalue weighted by Gasteiger charge is 2.15. The minimum atomic E-state index is -1.15. The van der Waals surface area contributed by atoms with Gasteiger partial charge in [0.2, 0.25) is 0 Å². The van der Waals surface area contributed by atoms with Crippen LogP contribution in [0.25, 0.3) is 0 Å². The number of rotatable bonds is 4. The van der Waals surface area contributed by atoms with Crippen LogP contribution in [-0.2, 0) is 6.42 Å². The van der Waals surface area contributed by atoms with Crippen molar-refractivity contribution in [3.63, 3.8) is 0 Å². The van der Waals surface area contributed by atoms with Gasteiger partial charge in [-0.3, -0.25) is 4.79 Å². The molecule has 0 aromatic carbocycles. The van der Waals surface area contributed by atoms with E-state index in [1.54, 1.807) is 0 Å². The van der Waals surface area contributed by atoms with E-state index in [0.717, 1.165) is 11.5 Å². The number of hydrogen-bond acceptors (Lipinski definition) is 6. The highest BCUT2D eigenvalue weighted by Crippen LogP contribution is 2.15. The predicted octanol–water partition coefficient (Wildman–Crippen LogP) is 1.45. The smallest absolute Gasteiger partial charge is 0.354 e. The summed E-state index contributed by atoms with van der Waals surface area (Å²) in [4.78, 5) is 26.9. The van der Waals surface area contributed by atoms with E-state index in [9.17, 15) is 9.59 Å². The molecule has 0 saturated heterocycles. The van der Waals surface area contributed by atoms with Crippen LogP contribution in [0.3, 0.4) is 0 Å². The Kier molecular flexibility index (Phi) is 3.81. The van der Waals surface area contributed by atoms with Gasteiger partial charge in [-0.25, -0.2) is 9.78 Å². The molecular weight excluding hydrogens is 268 g/mol. The molecule has 1 amide bonds. The van der Waals surface area contributed by atoms with E-state index >= 15 is 0 Å². The molecule has 98 valence electrons. The second-order valence-electron chi connectivity index (χ2n) is 3.59. The van der Waals surface area contributed by atoms with Crippen LogP contribution in [0, 0.1) is 0 Å². The van der Waals surface area contributed by atoms with Crippen molar-refractivity contribution >= 4 is 29.1 Å². The van der Waals surface area contributed by atoms with Crippen LogP contribution in [0.2, 0.25) is 0 Å². The van der Waals surface area contributed by atoms with E-state index in [1.807, 2.05) is 6.92 Å². The van der Waals surface area contributed by atoms with Gasteiger partial charge in [-0.1, -0.05) is 11.4 Å². The number of amides is 1. The predicted molar refractivity (Wildman–Crippen MR) is 68.4 cm³/mol. The van der Waals surface area contributed by atoms with Gasteiger partial charge in [-0.05, 0) is 30.1 Å². The number of hydrogen-bond donors (Lipinski definition) is 2. The second kappa shape index (κ2) is 5.53. The molecule has 0 saturated carbocycles. The first-order valence-corrected chi connectivity index (χ1v) is 6.21. The zero-order valence-corrected chi connectivity index (χ0v) is 10.8. The topological polar surface area (TPSA) is 105 Å². The highest BCUT2D eigenvalue weighted by molar-refractivity contribution is 7.08. The number of carbonyl (C=O) groups excluding carboxylic acids is 1. The molecular formula is C11H10N4O3S. The van der Waals surface area contributed by atoms with Gasteiger partial charge in [0.25, 0.3) is 5.91 Å². The number of nitrogens with zero attached hydrogens (tertiary/aromatic N) is 3. The van der Waals surface area contributed by atoms with Crippen molar-refractivity contribution in [2.45, 2.75) is 13.3 Å². The number of nitrogens with one attached hydrogen (secondary N) is 1. The first-order valence-electron chi connectivity index (χ1n) is 5.43. The van der Waals surface area contributed by atoms with Gasteiger partial charge < -0.3 is 10.4 Å². The summed E-state index contributed by atoms with van der Waals surface area (Å²) < 4.78 is 3.73. The van der Waals surface area contributed by atoms with Crippen LogP contribution < -0.4 is 5.32 Å². The van der Waals surface area contributed by atoms with E-state index in [4.69, 9.17) is 5.11 Å². The number of aromatic carboxylic acids is 1. The van der Waals surface area contributed by atoms with Crippen molar-refractivity contribution in [3.05, 3.63) is 34.6 Å². The third kappa shape index (κ3) is 2.91. The van der Waals surface area contributed by atoms with Gasteiger partial charge in [0.15, 0.2) is 0 Å². The highest BCUT2D eigenvalue weighted by atomic mass is 32.1. The van der Waals surface area contributed by atoms with Crippen molar-refractivity contribution < 1.29 is 14.7 Å².